The fraction of sp³-hybridized carbons (Fsp3) is 0.278. The van der Waals surface area contributed by atoms with Gasteiger partial charge in [0.25, 0.3) is 11.6 Å². The van der Waals surface area contributed by atoms with Gasteiger partial charge in [0.15, 0.2) is 6.61 Å². The first-order valence-electron chi connectivity index (χ1n) is 7.85. The van der Waals surface area contributed by atoms with Gasteiger partial charge in [0, 0.05) is 17.2 Å². The van der Waals surface area contributed by atoms with Gasteiger partial charge in [-0.1, -0.05) is 25.4 Å². The van der Waals surface area contributed by atoms with Gasteiger partial charge in [-0.15, -0.1) is 0 Å². The highest BCUT2D eigenvalue weighted by molar-refractivity contribution is 6.31. The SMILES string of the molecule is Cc1cc(OCC(=O)Nc2cc([N+](=O)[O-])ccc2F)c(C(C)C)cc1Cl. The molecule has 0 radical (unpaired) electrons. The summed E-state index contributed by atoms with van der Waals surface area (Å²) in [6, 6.07) is 6.42. The van der Waals surface area contributed by atoms with Crippen LogP contribution < -0.4 is 10.1 Å². The lowest BCUT2D eigenvalue weighted by Crippen LogP contribution is -2.21. The van der Waals surface area contributed by atoms with E-state index in [2.05, 4.69) is 5.32 Å². The molecule has 26 heavy (non-hydrogen) atoms. The highest BCUT2D eigenvalue weighted by atomic mass is 35.5. The zero-order valence-electron chi connectivity index (χ0n) is 14.5. The Hall–Kier alpha value is -2.67. The average molecular weight is 381 g/mol. The van der Waals surface area contributed by atoms with Gasteiger partial charge in [-0.2, -0.15) is 0 Å². The first-order chi connectivity index (χ1) is 12.2. The predicted octanol–water partition coefficient (Wildman–Crippen LogP) is 4.84. The predicted molar refractivity (Wildman–Crippen MR) is 97.5 cm³/mol. The molecule has 0 aromatic heterocycles. The van der Waals surface area contributed by atoms with Crippen LogP contribution in [0.5, 0.6) is 5.75 Å². The van der Waals surface area contributed by atoms with Crippen molar-refractivity contribution in [3.63, 3.8) is 0 Å². The maximum Gasteiger partial charge on any atom is 0.271 e. The number of amides is 1. The molecule has 0 aliphatic carbocycles. The van der Waals surface area contributed by atoms with Crippen LogP contribution in [0.3, 0.4) is 0 Å². The molecular formula is C18H18ClFN2O4. The summed E-state index contributed by atoms with van der Waals surface area (Å²) in [5.41, 5.74) is 1.05. The number of carbonyl (C=O) groups is 1. The van der Waals surface area contributed by atoms with Crippen molar-refractivity contribution >= 4 is 28.9 Å². The number of nitrogens with one attached hydrogen (secondary N) is 1. The van der Waals surface area contributed by atoms with E-state index >= 15 is 0 Å². The number of nitro benzene ring substituents is 1. The van der Waals surface area contributed by atoms with Crippen molar-refractivity contribution in [2.75, 3.05) is 11.9 Å². The summed E-state index contributed by atoms with van der Waals surface area (Å²) in [5.74, 6) is -0.766. The van der Waals surface area contributed by atoms with Crippen LogP contribution in [0.2, 0.25) is 5.02 Å². The number of rotatable bonds is 6. The maximum atomic E-state index is 13.7. The first-order valence-corrected chi connectivity index (χ1v) is 8.23. The minimum Gasteiger partial charge on any atom is -0.483 e. The quantitative estimate of drug-likeness (QED) is 0.574. The van der Waals surface area contributed by atoms with Crippen LogP contribution in [-0.2, 0) is 4.79 Å². The summed E-state index contributed by atoms with van der Waals surface area (Å²) >= 11 is 6.13. The number of non-ortho nitro benzene ring substituents is 1. The number of hydrogen-bond acceptors (Lipinski definition) is 4. The van der Waals surface area contributed by atoms with Crippen molar-refractivity contribution in [1.29, 1.82) is 0 Å². The molecule has 2 aromatic carbocycles. The second kappa shape index (κ2) is 8.14. The highest BCUT2D eigenvalue weighted by Crippen LogP contribution is 2.32. The summed E-state index contributed by atoms with van der Waals surface area (Å²) in [6.45, 7) is 5.37. The summed E-state index contributed by atoms with van der Waals surface area (Å²) in [5, 5.41) is 13.6. The third kappa shape index (κ3) is 4.70. The molecule has 0 saturated carbocycles. The first kappa shape index (κ1) is 19.7. The van der Waals surface area contributed by atoms with E-state index < -0.39 is 16.6 Å². The van der Waals surface area contributed by atoms with Crippen LogP contribution in [0.1, 0.15) is 30.9 Å². The van der Waals surface area contributed by atoms with E-state index in [-0.39, 0.29) is 23.9 Å². The molecule has 2 aromatic rings. The Morgan fingerprint density at radius 3 is 2.65 bits per heavy atom. The number of nitro groups is 1. The monoisotopic (exact) mass is 380 g/mol. The van der Waals surface area contributed by atoms with Crippen LogP contribution in [-0.4, -0.2) is 17.4 Å². The van der Waals surface area contributed by atoms with Gasteiger partial charge < -0.3 is 10.1 Å². The van der Waals surface area contributed by atoms with Crippen LogP contribution in [0.4, 0.5) is 15.8 Å². The van der Waals surface area contributed by atoms with Crippen molar-refractivity contribution in [3.05, 3.63) is 62.4 Å². The number of aryl methyl sites for hydroxylation is 1. The van der Waals surface area contributed by atoms with Crippen molar-refractivity contribution in [2.45, 2.75) is 26.7 Å². The molecular weight excluding hydrogens is 363 g/mol. The van der Waals surface area contributed by atoms with E-state index in [1.807, 2.05) is 20.8 Å². The minimum absolute atomic E-state index is 0.125. The summed E-state index contributed by atoms with van der Waals surface area (Å²) in [4.78, 5) is 22.1. The van der Waals surface area contributed by atoms with E-state index in [9.17, 15) is 19.3 Å². The minimum atomic E-state index is -0.769. The average Bonchev–Trinajstić information content (AvgIpc) is 2.57. The number of hydrogen-bond donors (Lipinski definition) is 1. The summed E-state index contributed by atoms with van der Waals surface area (Å²) in [6.07, 6.45) is 0. The van der Waals surface area contributed by atoms with Crippen LogP contribution >= 0.6 is 11.6 Å². The number of halogens is 2. The molecule has 1 amide bonds. The molecule has 0 aliphatic rings. The number of nitrogens with zero attached hydrogens (tertiary/aromatic N) is 1. The Morgan fingerprint density at radius 1 is 1.35 bits per heavy atom. The second-order valence-electron chi connectivity index (χ2n) is 6.05. The van der Waals surface area contributed by atoms with Crippen molar-refractivity contribution in [2.24, 2.45) is 0 Å². The number of benzene rings is 2. The zero-order valence-corrected chi connectivity index (χ0v) is 15.3. The lowest BCUT2D eigenvalue weighted by Gasteiger charge is -2.16. The van der Waals surface area contributed by atoms with E-state index in [0.717, 1.165) is 29.3 Å². The Morgan fingerprint density at radius 2 is 2.04 bits per heavy atom. The summed E-state index contributed by atoms with van der Waals surface area (Å²) in [7, 11) is 0. The Bertz CT molecular complexity index is 855. The fourth-order valence-electron chi connectivity index (χ4n) is 2.30. The standard InChI is InChI=1S/C18H18ClFN2O4/c1-10(2)13-8-14(19)11(3)6-17(13)26-9-18(23)21-16-7-12(22(24)25)4-5-15(16)20/h4-8,10H,9H2,1-3H3,(H,21,23). The third-order valence-electron chi connectivity index (χ3n) is 3.71. The topological polar surface area (TPSA) is 81.5 Å². The molecule has 0 unspecified atom stereocenters. The fourth-order valence-corrected chi connectivity index (χ4v) is 2.47. The van der Waals surface area contributed by atoms with Gasteiger partial charge in [-0.25, -0.2) is 4.39 Å². The Balaban J connectivity index is 2.12. The van der Waals surface area contributed by atoms with Crippen molar-refractivity contribution in [1.82, 2.24) is 0 Å². The number of ether oxygens (including phenoxy) is 1. The molecule has 0 saturated heterocycles. The van der Waals surface area contributed by atoms with E-state index in [1.54, 1.807) is 12.1 Å². The third-order valence-corrected chi connectivity index (χ3v) is 4.11. The van der Waals surface area contributed by atoms with Gasteiger partial charge >= 0.3 is 0 Å². The molecule has 0 fully saturated rings. The molecule has 6 nitrogen and oxygen atoms in total. The zero-order chi connectivity index (χ0) is 19.4. The second-order valence-corrected chi connectivity index (χ2v) is 6.46. The molecule has 8 heteroatoms. The molecule has 1 N–H and O–H groups in total. The van der Waals surface area contributed by atoms with Crippen LogP contribution in [0.15, 0.2) is 30.3 Å². The van der Waals surface area contributed by atoms with Crippen LogP contribution in [0.25, 0.3) is 0 Å². The number of carbonyl (C=O) groups excluding carboxylic acids is 1. The van der Waals surface area contributed by atoms with Gasteiger partial charge in [0.05, 0.1) is 10.6 Å². The molecule has 0 aliphatic heterocycles. The lowest BCUT2D eigenvalue weighted by molar-refractivity contribution is -0.384. The number of anilines is 1. The maximum absolute atomic E-state index is 13.7. The van der Waals surface area contributed by atoms with Gasteiger partial charge in [-0.3, -0.25) is 14.9 Å². The molecule has 2 rings (SSSR count). The highest BCUT2D eigenvalue weighted by Gasteiger charge is 2.15. The van der Waals surface area contributed by atoms with Crippen molar-refractivity contribution in [3.8, 4) is 5.75 Å². The molecule has 0 bridgehead atoms. The lowest BCUT2D eigenvalue weighted by atomic mass is 10.0. The van der Waals surface area contributed by atoms with E-state index in [1.165, 1.54) is 0 Å². The van der Waals surface area contributed by atoms with Gasteiger partial charge in [-0.05, 0) is 42.2 Å². The molecule has 0 spiro atoms. The smallest absolute Gasteiger partial charge is 0.271 e. The van der Waals surface area contributed by atoms with Crippen molar-refractivity contribution < 1.29 is 18.8 Å². The van der Waals surface area contributed by atoms with E-state index in [4.69, 9.17) is 16.3 Å². The van der Waals surface area contributed by atoms with Crippen LogP contribution in [0, 0.1) is 22.9 Å². The van der Waals surface area contributed by atoms with Gasteiger partial charge in [0.2, 0.25) is 0 Å². The Kier molecular flexibility index (Phi) is 6.15. The summed E-state index contributed by atoms with van der Waals surface area (Å²) < 4.78 is 19.3. The Labute approximate surface area is 155 Å². The molecule has 0 heterocycles. The molecule has 0 atom stereocenters. The largest absolute Gasteiger partial charge is 0.483 e. The molecule has 138 valence electrons. The van der Waals surface area contributed by atoms with E-state index in [0.29, 0.717) is 10.8 Å². The van der Waals surface area contributed by atoms with Gasteiger partial charge in [0.1, 0.15) is 11.6 Å². The normalized spacial score (nSPS) is 10.7.